The maximum absolute atomic E-state index is 9.75. The second-order valence-electron chi connectivity index (χ2n) is 6.60. The molecule has 0 spiro atoms. The van der Waals surface area contributed by atoms with E-state index in [2.05, 4.69) is 50.2 Å². The third-order valence-electron chi connectivity index (χ3n) is 4.52. The Morgan fingerprint density at radius 2 is 1.14 bits per heavy atom. The van der Waals surface area contributed by atoms with Crippen LogP contribution in [0.15, 0.2) is 65.1 Å². The van der Waals surface area contributed by atoms with E-state index in [0.29, 0.717) is 0 Å². The maximum Gasteiger partial charge on any atom is 0.673 e. The van der Waals surface area contributed by atoms with Gasteiger partial charge in [-0.1, -0.05) is 24.3 Å². The van der Waals surface area contributed by atoms with Crippen LogP contribution < -0.4 is 4.74 Å². The number of aryl methyl sites for hydroxylation is 2. The fourth-order valence-electron chi connectivity index (χ4n) is 3.49. The molecule has 0 saturated heterocycles. The van der Waals surface area contributed by atoms with Crippen molar-refractivity contribution in [2.45, 2.75) is 13.8 Å². The molecule has 150 valence electrons. The number of halogens is 4. The number of rotatable bonds is 2. The van der Waals surface area contributed by atoms with E-state index in [4.69, 9.17) is 9.15 Å². The highest BCUT2D eigenvalue weighted by molar-refractivity contribution is 6.50. The van der Waals surface area contributed by atoms with Gasteiger partial charge in [0.15, 0.2) is 0 Å². The van der Waals surface area contributed by atoms with E-state index in [-0.39, 0.29) is 0 Å². The molecule has 0 aliphatic rings. The summed E-state index contributed by atoms with van der Waals surface area (Å²) in [6.07, 6.45) is 0. The van der Waals surface area contributed by atoms with Crippen molar-refractivity contribution in [2.24, 2.45) is 0 Å². The van der Waals surface area contributed by atoms with Crippen LogP contribution >= 0.6 is 0 Å². The zero-order valence-corrected chi connectivity index (χ0v) is 16.2. The lowest BCUT2D eigenvalue weighted by atomic mass is 9.90. The minimum Gasteiger partial charge on any atom is -0.497 e. The molecular weight excluding hydrogens is 383 g/mol. The van der Waals surface area contributed by atoms with Crippen LogP contribution in [0.1, 0.15) is 11.1 Å². The van der Waals surface area contributed by atoms with Crippen LogP contribution in [0.5, 0.6) is 5.75 Å². The van der Waals surface area contributed by atoms with Crippen LogP contribution in [0.25, 0.3) is 33.1 Å². The molecule has 4 aromatic rings. The van der Waals surface area contributed by atoms with Crippen molar-refractivity contribution in [1.82, 2.24) is 0 Å². The van der Waals surface area contributed by atoms with Crippen molar-refractivity contribution in [3.05, 3.63) is 71.8 Å². The van der Waals surface area contributed by atoms with E-state index in [1.165, 1.54) is 22.3 Å². The molecule has 3 aromatic carbocycles. The first-order valence-corrected chi connectivity index (χ1v) is 8.95. The molecule has 0 aliphatic heterocycles. The highest BCUT2D eigenvalue weighted by atomic mass is 19.5. The summed E-state index contributed by atoms with van der Waals surface area (Å²) in [4.78, 5) is 0. The second-order valence-corrected chi connectivity index (χ2v) is 6.60. The summed E-state index contributed by atoms with van der Waals surface area (Å²) in [5.74, 6) is 0.892. The summed E-state index contributed by atoms with van der Waals surface area (Å²) in [5, 5.41) is 2.26. The van der Waals surface area contributed by atoms with Gasteiger partial charge in [0.05, 0.1) is 17.9 Å². The third kappa shape index (κ3) is 4.67. The Labute approximate surface area is 165 Å². The maximum atomic E-state index is 9.75. The van der Waals surface area contributed by atoms with Gasteiger partial charge in [0.25, 0.3) is 0 Å². The van der Waals surface area contributed by atoms with E-state index < -0.39 is 7.25 Å². The number of benzene rings is 3. The number of hydrogen-bond donors (Lipinski definition) is 0. The minimum absolute atomic E-state index is 0.892. The van der Waals surface area contributed by atoms with Crippen LogP contribution in [0, 0.1) is 13.8 Å². The Kier molecular flexibility index (Phi) is 5.77. The monoisotopic (exact) mass is 402 g/mol. The van der Waals surface area contributed by atoms with Gasteiger partial charge in [-0.3, -0.25) is 0 Å². The molecule has 1 heterocycles. The summed E-state index contributed by atoms with van der Waals surface area (Å²) in [6.45, 7) is 4.27. The van der Waals surface area contributed by atoms with Crippen LogP contribution in [-0.4, -0.2) is 14.4 Å². The Hall–Kier alpha value is -3.09. The fraction of sp³-hybridized carbons (Fsp3) is 0.136. The number of methoxy groups -OCH3 is 1. The topological polar surface area (TPSA) is 20.5 Å². The lowest BCUT2D eigenvalue weighted by Crippen LogP contribution is -2.02. The van der Waals surface area contributed by atoms with Crippen LogP contribution in [0.4, 0.5) is 17.3 Å². The predicted octanol–water partition coefficient (Wildman–Crippen LogP) is 7.46. The Morgan fingerprint density at radius 1 is 0.724 bits per heavy atom. The average Bonchev–Trinajstić information content (AvgIpc) is 2.65. The molecule has 0 N–H and O–H groups in total. The van der Waals surface area contributed by atoms with Crippen LogP contribution in [-0.2, 0) is 0 Å². The van der Waals surface area contributed by atoms with Gasteiger partial charge in [0.2, 0.25) is 0 Å². The summed E-state index contributed by atoms with van der Waals surface area (Å²) in [7, 11) is -4.29. The molecule has 0 atom stereocenters. The van der Waals surface area contributed by atoms with Gasteiger partial charge >= 0.3 is 18.4 Å². The summed E-state index contributed by atoms with van der Waals surface area (Å²) in [5.41, 5.74) is 6.69. The molecule has 0 aliphatic carbocycles. The highest BCUT2D eigenvalue weighted by Crippen LogP contribution is 2.40. The molecular formula is C22H19BF4O2. The van der Waals surface area contributed by atoms with Crippen LogP contribution in [0.2, 0.25) is 0 Å². The van der Waals surface area contributed by atoms with Gasteiger partial charge in [0.1, 0.15) is 5.75 Å². The first-order chi connectivity index (χ1) is 13.7. The van der Waals surface area contributed by atoms with Crippen LogP contribution in [0.3, 0.4) is 0 Å². The van der Waals surface area contributed by atoms with Crippen molar-refractivity contribution < 1.29 is 26.4 Å². The lowest BCUT2D eigenvalue weighted by Gasteiger charge is -2.14. The van der Waals surface area contributed by atoms with E-state index >= 15 is 0 Å². The van der Waals surface area contributed by atoms with Gasteiger partial charge in [-0.15, -0.1) is 0 Å². The van der Waals surface area contributed by atoms with Crippen molar-refractivity contribution in [3.8, 4) is 16.9 Å². The van der Waals surface area contributed by atoms with Gasteiger partial charge in [-0.05, 0) is 54.8 Å². The second kappa shape index (κ2) is 8.11. The molecule has 29 heavy (non-hydrogen) atoms. The average molecular weight is 402 g/mol. The zero-order valence-electron chi connectivity index (χ0n) is 16.2. The standard InChI is InChI=1S/C22H19O2.BF4/c1-14-12-16(23-3)13-15(2)21(14)22-17-8-4-6-10-19(17)24-20-11-7-5-9-18(20)22;2-1(3,4)5/h4-13H,1-3H3;/q+1;-1. The number of hydrogen-bond acceptors (Lipinski definition) is 1. The van der Waals surface area contributed by atoms with E-state index in [9.17, 15) is 17.3 Å². The molecule has 1 aromatic heterocycles. The third-order valence-corrected chi connectivity index (χ3v) is 4.52. The molecule has 4 rings (SSSR count). The molecule has 0 amide bonds. The fourth-order valence-corrected chi connectivity index (χ4v) is 3.49. The predicted molar refractivity (Wildman–Crippen MR) is 110 cm³/mol. The number of fused-ring (bicyclic) bond motifs is 2. The van der Waals surface area contributed by atoms with Crippen molar-refractivity contribution in [3.63, 3.8) is 0 Å². The SMILES string of the molecule is COc1cc(C)c(-c2c3ccccc3[o+]c3ccccc23)c(C)c1.F[B-](F)(F)F. The highest BCUT2D eigenvalue weighted by Gasteiger charge is 2.22. The Bertz CT molecular complexity index is 1090. The smallest absolute Gasteiger partial charge is 0.497 e. The Morgan fingerprint density at radius 3 is 1.55 bits per heavy atom. The quantitative estimate of drug-likeness (QED) is 0.150. The van der Waals surface area contributed by atoms with E-state index in [1.54, 1.807) is 7.11 Å². The van der Waals surface area contributed by atoms with Gasteiger partial charge in [0, 0.05) is 17.7 Å². The van der Waals surface area contributed by atoms with Crippen molar-refractivity contribution >= 4 is 29.2 Å². The molecule has 0 bridgehead atoms. The molecule has 0 saturated carbocycles. The van der Waals surface area contributed by atoms with Gasteiger partial charge in [-0.2, -0.15) is 0 Å². The Balaban J connectivity index is 0.000000431. The largest absolute Gasteiger partial charge is 0.673 e. The van der Waals surface area contributed by atoms with Gasteiger partial charge in [-0.25, -0.2) is 4.42 Å². The van der Waals surface area contributed by atoms with E-state index in [1.807, 2.05) is 24.3 Å². The first kappa shape index (κ1) is 20.6. The molecule has 0 radical (unpaired) electrons. The molecule has 0 unspecified atom stereocenters. The molecule has 2 nitrogen and oxygen atoms in total. The lowest BCUT2D eigenvalue weighted by molar-refractivity contribution is 0.368. The number of para-hydroxylation sites is 2. The molecule has 7 heteroatoms. The van der Waals surface area contributed by atoms with Crippen molar-refractivity contribution in [1.29, 1.82) is 0 Å². The minimum atomic E-state index is -6.00. The normalized spacial score (nSPS) is 11.3. The van der Waals surface area contributed by atoms with E-state index in [0.717, 1.165) is 27.7 Å². The van der Waals surface area contributed by atoms with Crippen molar-refractivity contribution in [2.75, 3.05) is 7.11 Å². The first-order valence-electron chi connectivity index (χ1n) is 8.95. The zero-order chi connectivity index (χ0) is 21.2. The summed E-state index contributed by atoms with van der Waals surface area (Å²) >= 11 is 0. The molecule has 0 fully saturated rings. The summed E-state index contributed by atoms with van der Waals surface area (Å²) in [6, 6.07) is 20.6. The van der Waals surface area contributed by atoms with Gasteiger partial charge < -0.3 is 22.0 Å². The number of ether oxygens (including phenoxy) is 1. The summed E-state index contributed by atoms with van der Waals surface area (Å²) < 4.78 is 50.5.